The van der Waals surface area contributed by atoms with Crippen molar-refractivity contribution >= 4 is 15.9 Å². The molecule has 1 atom stereocenters. The van der Waals surface area contributed by atoms with E-state index in [-0.39, 0.29) is 11.9 Å². The molecule has 0 aromatic heterocycles. The molecule has 1 amide bonds. The minimum absolute atomic E-state index is 0.0225. The molecule has 2 heterocycles. The maximum absolute atomic E-state index is 11.4. The summed E-state index contributed by atoms with van der Waals surface area (Å²) < 4.78 is 24.9. The Morgan fingerprint density at radius 2 is 2.11 bits per heavy atom. The maximum atomic E-state index is 11.4. The molecule has 2 aliphatic heterocycles. The molecule has 18 heavy (non-hydrogen) atoms. The first-order valence-electron chi connectivity index (χ1n) is 6.41. The third kappa shape index (κ3) is 3.93. The lowest BCUT2D eigenvalue weighted by Gasteiger charge is -2.21. The highest BCUT2D eigenvalue weighted by Crippen LogP contribution is 2.12. The van der Waals surface area contributed by atoms with Gasteiger partial charge in [-0.25, -0.2) is 13.1 Å². The Labute approximate surface area is 108 Å². The first-order chi connectivity index (χ1) is 8.44. The lowest BCUT2D eigenvalue weighted by molar-refractivity contribution is -0.127. The molecule has 6 nitrogen and oxygen atoms in total. The predicted molar refractivity (Wildman–Crippen MR) is 68.6 cm³/mol. The Hall–Kier alpha value is -0.660. The molecule has 7 heteroatoms. The lowest BCUT2D eigenvalue weighted by atomic mass is 10.3. The number of hydrogen-bond acceptors (Lipinski definition) is 4. The molecule has 0 aromatic carbocycles. The molecule has 0 radical (unpaired) electrons. The average molecular weight is 275 g/mol. The van der Waals surface area contributed by atoms with E-state index < -0.39 is 10.0 Å². The fraction of sp³-hybridized carbons (Fsp3) is 0.909. The van der Waals surface area contributed by atoms with Gasteiger partial charge in [0.1, 0.15) is 0 Å². The van der Waals surface area contributed by atoms with Crippen LogP contribution in [0.25, 0.3) is 0 Å². The van der Waals surface area contributed by atoms with Crippen molar-refractivity contribution in [3.63, 3.8) is 0 Å². The average Bonchev–Trinajstić information content (AvgIpc) is 2.82. The monoisotopic (exact) mass is 275 g/mol. The fourth-order valence-corrected chi connectivity index (χ4v) is 3.44. The Morgan fingerprint density at radius 3 is 2.72 bits per heavy atom. The van der Waals surface area contributed by atoms with Crippen LogP contribution in [0.1, 0.15) is 19.3 Å². The number of hydrogen-bond donors (Lipinski definition) is 1. The van der Waals surface area contributed by atoms with Gasteiger partial charge in [0.15, 0.2) is 0 Å². The molecule has 2 rings (SSSR count). The summed E-state index contributed by atoms with van der Waals surface area (Å²) in [6, 6.07) is 0.0225. The summed E-state index contributed by atoms with van der Waals surface area (Å²) in [5.74, 6) is 0.250. The van der Waals surface area contributed by atoms with Crippen molar-refractivity contribution in [3.05, 3.63) is 0 Å². The predicted octanol–water partition coefficient (Wildman–Crippen LogP) is -0.768. The van der Waals surface area contributed by atoms with Gasteiger partial charge in [0.05, 0.1) is 6.26 Å². The standard InChI is InChI=1S/C11H21N3O3S/c1-18(16,17)12-10-4-6-13(9-10)7-8-14-5-2-3-11(14)15/h10,12H,2-9H2,1H3. The van der Waals surface area contributed by atoms with Gasteiger partial charge < -0.3 is 4.90 Å². The van der Waals surface area contributed by atoms with Gasteiger partial charge in [0.25, 0.3) is 0 Å². The number of sulfonamides is 1. The molecule has 0 aromatic rings. The zero-order valence-corrected chi connectivity index (χ0v) is 11.6. The third-order valence-corrected chi connectivity index (χ3v) is 4.27. The van der Waals surface area contributed by atoms with Crippen LogP contribution >= 0.6 is 0 Å². The topological polar surface area (TPSA) is 69.7 Å². The second-order valence-electron chi connectivity index (χ2n) is 5.16. The lowest BCUT2D eigenvalue weighted by Crippen LogP contribution is -2.38. The highest BCUT2D eigenvalue weighted by molar-refractivity contribution is 7.88. The van der Waals surface area contributed by atoms with E-state index in [0.717, 1.165) is 45.6 Å². The molecule has 0 aliphatic carbocycles. The van der Waals surface area contributed by atoms with Crippen LogP contribution in [0.15, 0.2) is 0 Å². The Morgan fingerprint density at radius 1 is 1.33 bits per heavy atom. The van der Waals surface area contributed by atoms with Crippen LogP contribution in [0.5, 0.6) is 0 Å². The van der Waals surface area contributed by atoms with Gasteiger partial charge in [-0.05, 0) is 19.4 Å². The maximum Gasteiger partial charge on any atom is 0.222 e. The van der Waals surface area contributed by atoms with E-state index in [0.29, 0.717) is 6.42 Å². The third-order valence-electron chi connectivity index (χ3n) is 3.51. The van der Waals surface area contributed by atoms with Crippen molar-refractivity contribution in [1.29, 1.82) is 0 Å². The van der Waals surface area contributed by atoms with Gasteiger partial charge in [-0.2, -0.15) is 0 Å². The Bertz CT molecular complexity index is 410. The number of carbonyl (C=O) groups excluding carboxylic acids is 1. The summed E-state index contributed by atoms with van der Waals surface area (Å²) in [6.45, 7) is 4.13. The normalized spacial score (nSPS) is 26.2. The summed E-state index contributed by atoms with van der Waals surface area (Å²) in [5.41, 5.74) is 0. The van der Waals surface area contributed by atoms with Crippen molar-refractivity contribution in [1.82, 2.24) is 14.5 Å². The summed E-state index contributed by atoms with van der Waals surface area (Å²) in [5, 5.41) is 0. The van der Waals surface area contributed by atoms with Crippen LogP contribution in [-0.2, 0) is 14.8 Å². The van der Waals surface area contributed by atoms with Gasteiger partial charge >= 0.3 is 0 Å². The van der Waals surface area contributed by atoms with Crippen molar-refractivity contribution in [2.75, 3.05) is 39.0 Å². The number of carbonyl (C=O) groups is 1. The number of nitrogens with one attached hydrogen (secondary N) is 1. The van der Waals surface area contributed by atoms with E-state index >= 15 is 0 Å². The summed E-state index contributed by atoms with van der Waals surface area (Å²) in [4.78, 5) is 15.6. The molecule has 2 aliphatic rings. The largest absolute Gasteiger partial charge is 0.341 e. The van der Waals surface area contributed by atoms with E-state index in [1.54, 1.807) is 0 Å². The SMILES string of the molecule is CS(=O)(=O)NC1CCN(CCN2CCCC2=O)C1. The van der Waals surface area contributed by atoms with Crippen LogP contribution in [-0.4, -0.2) is 69.1 Å². The molecule has 0 saturated carbocycles. The molecule has 1 unspecified atom stereocenters. The zero-order chi connectivity index (χ0) is 13.2. The molecular weight excluding hydrogens is 254 g/mol. The highest BCUT2D eigenvalue weighted by atomic mass is 32.2. The molecule has 2 fully saturated rings. The zero-order valence-electron chi connectivity index (χ0n) is 10.8. The molecular formula is C11H21N3O3S. The summed E-state index contributed by atoms with van der Waals surface area (Å²) >= 11 is 0. The summed E-state index contributed by atoms with van der Waals surface area (Å²) in [7, 11) is -3.11. The smallest absolute Gasteiger partial charge is 0.222 e. The van der Waals surface area contributed by atoms with E-state index in [4.69, 9.17) is 0 Å². The number of likely N-dealkylation sites (tertiary alicyclic amines) is 2. The quantitative estimate of drug-likeness (QED) is 0.715. The number of amides is 1. The molecule has 2 saturated heterocycles. The van der Waals surface area contributed by atoms with Crippen LogP contribution in [0, 0.1) is 0 Å². The second-order valence-corrected chi connectivity index (χ2v) is 6.94. The fourth-order valence-electron chi connectivity index (χ4n) is 2.64. The van der Waals surface area contributed by atoms with Crippen molar-refractivity contribution in [2.45, 2.75) is 25.3 Å². The molecule has 0 bridgehead atoms. The van der Waals surface area contributed by atoms with Crippen molar-refractivity contribution < 1.29 is 13.2 Å². The van der Waals surface area contributed by atoms with Gasteiger partial charge in [-0.15, -0.1) is 0 Å². The van der Waals surface area contributed by atoms with Gasteiger partial charge in [0.2, 0.25) is 15.9 Å². The van der Waals surface area contributed by atoms with Crippen molar-refractivity contribution in [3.8, 4) is 0 Å². The number of rotatable bonds is 5. The van der Waals surface area contributed by atoms with Crippen LogP contribution in [0.4, 0.5) is 0 Å². The van der Waals surface area contributed by atoms with Gasteiger partial charge in [0, 0.05) is 38.6 Å². The first kappa shape index (κ1) is 13.8. The molecule has 104 valence electrons. The highest BCUT2D eigenvalue weighted by Gasteiger charge is 2.26. The van der Waals surface area contributed by atoms with E-state index in [9.17, 15) is 13.2 Å². The Kier molecular flexibility index (Phi) is 4.24. The van der Waals surface area contributed by atoms with Crippen LogP contribution in [0.2, 0.25) is 0 Å². The van der Waals surface area contributed by atoms with E-state index in [1.165, 1.54) is 6.26 Å². The number of nitrogens with zero attached hydrogens (tertiary/aromatic N) is 2. The van der Waals surface area contributed by atoms with Crippen LogP contribution < -0.4 is 4.72 Å². The van der Waals surface area contributed by atoms with Gasteiger partial charge in [-0.3, -0.25) is 9.69 Å². The minimum Gasteiger partial charge on any atom is -0.341 e. The second kappa shape index (κ2) is 5.54. The van der Waals surface area contributed by atoms with Crippen LogP contribution in [0.3, 0.4) is 0 Å². The molecule has 1 N–H and O–H groups in total. The molecule has 0 spiro atoms. The van der Waals surface area contributed by atoms with Gasteiger partial charge in [-0.1, -0.05) is 0 Å². The minimum atomic E-state index is -3.11. The Balaban J connectivity index is 1.71. The summed E-state index contributed by atoms with van der Waals surface area (Å²) in [6.07, 6.45) is 3.69. The van der Waals surface area contributed by atoms with Crippen molar-refractivity contribution in [2.24, 2.45) is 0 Å². The van der Waals surface area contributed by atoms with E-state index in [2.05, 4.69) is 9.62 Å². The first-order valence-corrected chi connectivity index (χ1v) is 8.30. The van der Waals surface area contributed by atoms with E-state index in [1.807, 2.05) is 4.90 Å².